The molecule has 0 atom stereocenters. The van der Waals surface area contributed by atoms with Crippen molar-refractivity contribution >= 4 is 40.4 Å². The van der Waals surface area contributed by atoms with Crippen LogP contribution in [0.3, 0.4) is 0 Å². The van der Waals surface area contributed by atoms with E-state index in [0.29, 0.717) is 40.0 Å². The number of carbonyl (C=O) groups excluding carboxylic acids is 3. The number of piperidine rings is 1. The first-order chi connectivity index (χ1) is 16.9. The summed E-state index contributed by atoms with van der Waals surface area (Å²) in [5.41, 5.74) is 0.928. The van der Waals surface area contributed by atoms with Crippen molar-refractivity contribution in [2.45, 2.75) is 86.1 Å². The van der Waals surface area contributed by atoms with Crippen molar-refractivity contribution in [2.75, 3.05) is 20.2 Å². The van der Waals surface area contributed by atoms with Crippen molar-refractivity contribution < 1.29 is 23.7 Å². The minimum absolute atomic E-state index is 0.00967. The van der Waals surface area contributed by atoms with Gasteiger partial charge in [-0.15, -0.1) is 11.3 Å². The number of nitrogens with zero attached hydrogens (tertiary/aromatic N) is 2. The van der Waals surface area contributed by atoms with Crippen LogP contribution >= 0.6 is 11.3 Å². The molecule has 2 aliphatic rings. The Kier molecular flexibility index (Phi) is 9.16. The number of amides is 1. The zero-order valence-corrected chi connectivity index (χ0v) is 23.7. The number of rotatable bonds is 6. The fraction of sp³-hybridized carbons (Fsp3) is 0.655. The first-order valence-electron chi connectivity index (χ1n) is 13.1. The second-order valence-corrected chi connectivity index (χ2v) is 12.5. The Morgan fingerprint density at radius 3 is 2.47 bits per heavy atom. The number of hydrogen-bond donors (Lipinski definition) is 0. The van der Waals surface area contributed by atoms with Crippen molar-refractivity contribution in [2.24, 2.45) is 17.3 Å². The number of Topliss-reactive ketones (excluding diaryl/α,β-unsaturated/α-hetero) is 1. The third kappa shape index (κ3) is 6.85. The molecule has 0 bridgehead atoms. The van der Waals surface area contributed by atoms with E-state index < -0.39 is 5.97 Å². The highest BCUT2D eigenvalue weighted by Crippen LogP contribution is 2.33. The Morgan fingerprint density at radius 1 is 1.22 bits per heavy atom. The van der Waals surface area contributed by atoms with E-state index in [1.54, 1.807) is 0 Å². The van der Waals surface area contributed by atoms with Gasteiger partial charge in [-0.25, -0.2) is 4.79 Å². The normalized spacial score (nSPS) is 22.2. The molecule has 1 saturated heterocycles. The lowest BCUT2D eigenvalue weighted by Crippen LogP contribution is -2.48. The molecule has 1 aromatic rings. The van der Waals surface area contributed by atoms with E-state index in [1.807, 2.05) is 50.2 Å². The second-order valence-electron chi connectivity index (χ2n) is 11.5. The number of hydrogen-bond acceptors (Lipinski definition) is 5. The summed E-state index contributed by atoms with van der Waals surface area (Å²) in [6.07, 6.45) is 5.24. The minimum Gasteiger partial charge on any atom is -0.465 e. The lowest BCUT2D eigenvalue weighted by molar-refractivity contribution is -0.429. The van der Waals surface area contributed by atoms with Gasteiger partial charge in [-0.1, -0.05) is 31.6 Å². The second kappa shape index (κ2) is 11.7. The fourth-order valence-electron chi connectivity index (χ4n) is 4.86. The average molecular weight is 514 g/mol. The van der Waals surface area contributed by atoms with Gasteiger partial charge in [0.2, 0.25) is 23.7 Å². The molecule has 3 rings (SSSR count). The van der Waals surface area contributed by atoms with Crippen molar-refractivity contribution in [3.05, 3.63) is 15.8 Å². The molecule has 36 heavy (non-hydrogen) atoms. The van der Waals surface area contributed by atoms with Gasteiger partial charge < -0.3 is 9.64 Å². The summed E-state index contributed by atoms with van der Waals surface area (Å²) in [7, 11) is 1.35. The van der Waals surface area contributed by atoms with Gasteiger partial charge in [0, 0.05) is 36.4 Å². The van der Waals surface area contributed by atoms with Crippen LogP contribution in [0, 0.1) is 29.1 Å². The van der Waals surface area contributed by atoms with E-state index in [4.69, 9.17) is 4.74 Å². The van der Waals surface area contributed by atoms with Gasteiger partial charge in [-0.2, -0.15) is 4.58 Å². The molecule has 0 spiro atoms. The standard InChI is InChI=1S/C29H41N2O4S/c1-19(2)30-16-8-9-23(27(30)33)31(18-25(32)21-12-10-20(3)11-13-21)24-17-22(14-15-29(4,5)6)36-26(24)28(34)35-7/h17,19-21H,8-13,16,18H2,1-7H3/q+1. The van der Waals surface area contributed by atoms with E-state index >= 15 is 0 Å². The quantitative estimate of drug-likeness (QED) is 0.288. The average Bonchev–Trinajstić information content (AvgIpc) is 3.25. The van der Waals surface area contributed by atoms with Crippen LogP contribution in [-0.2, 0) is 14.3 Å². The minimum atomic E-state index is -0.479. The maximum Gasteiger partial charge on any atom is 0.354 e. The van der Waals surface area contributed by atoms with E-state index in [1.165, 1.54) is 18.4 Å². The van der Waals surface area contributed by atoms with Gasteiger partial charge >= 0.3 is 11.9 Å². The molecule has 1 saturated carbocycles. The highest BCUT2D eigenvalue weighted by atomic mass is 32.1. The van der Waals surface area contributed by atoms with Crippen LogP contribution in [0.4, 0.5) is 5.69 Å². The van der Waals surface area contributed by atoms with E-state index in [-0.39, 0.29) is 35.6 Å². The van der Waals surface area contributed by atoms with Crippen LogP contribution < -0.4 is 0 Å². The highest BCUT2D eigenvalue weighted by Gasteiger charge is 2.39. The summed E-state index contributed by atoms with van der Waals surface area (Å²) in [5.74, 6) is 6.63. The summed E-state index contributed by atoms with van der Waals surface area (Å²) < 4.78 is 6.91. The Morgan fingerprint density at radius 2 is 1.89 bits per heavy atom. The summed E-state index contributed by atoms with van der Waals surface area (Å²) in [4.78, 5) is 42.9. The van der Waals surface area contributed by atoms with Crippen LogP contribution in [0.2, 0.25) is 0 Å². The van der Waals surface area contributed by atoms with Crippen molar-refractivity contribution in [3.63, 3.8) is 0 Å². The van der Waals surface area contributed by atoms with Crippen LogP contribution in [0.1, 0.15) is 94.6 Å². The molecule has 1 amide bonds. The molecule has 0 aromatic carbocycles. The lowest BCUT2D eigenvalue weighted by Gasteiger charge is -2.30. The maximum atomic E-state index is 13.6. The number of methoxy groups -OCH3 is 1. The molecule has 1 aromatic heterocycles. The van der Waals surface area contributed by atoms with E-state index in [0.717, 1.165) is 32.1 Å². The molecule has 196 valence electrons. The summed E-state index contributed by atoms with van der Waals surface area (Å²) in [5, 5.41) is 0. The number of esters is 1. The number of likely N-dealkylation sites (tertiary alicyclic amines) is 1. The van der Waals surface area contributed by atoms with Gasteiger partial charge in [-0.05, 0) is 59.8 Å². The topological polar surface area (TPSA) is 66.7 Å². The molecule has 0 unspecified atom stereocenters. The lowest BCUT2D eigenvalue weighted by atomic mass is 9.81. The smallest absolute Gasteiger partial charge is 0.354 e. The van der Waals surface area contributed by atoms with Crippen molar-refractivity contribution in [3.8, 4) is 11.8 Å². The van der Waals surface area contributed by atoms with E-state index in [2.05, 4.69) is 18.8 Å². The molecule has 2 fully saturated rings. The number of ketones is 1. The molecule has 1 aliphatic carbocycles. The molecule has 6 nitrogen and oxygen atoms in total. The third-order valence-corrected chi connectivity index (χ3v) is 8.01. The Labute approximate surface area is 220 Å². The molecular weight excluding hydrogens is 472 g/mol. The molecule has 0 radical (unpaired) electrons. The van der Waals surface area contributed by atoms with Crippen LogP contribution in [0.15, 0.2) is 6.07 Å². The predicted molar refractivity (Wildman–Crippen MR) is 144 cm³/mol. The predicted octanol–water partition coefficient (Wildman–Crippen LogP) is 5.44. The number of thiophene rings is 1. The van der Waals surface area contributed by atoms with Crippen LogP contribution in [0.5, 0.6) is 0 Å². The zero-order chi connectivity index (χ0) is 26.6. The molecule has 0 N–H and O–H groups in total. The first kappa shape index (κ1) is 28.1. The summed E-state index contributed by atoms with van der Waals surface area (Å²) in [6.45, 7) is 13.1. The largest absolute Gasteiger partial charge is 0.465 e. The third-order valence-electron chi connectivity index (χ3n) is 6.99. The van der Waals surface area contributed by atoms with Crippen LogP contribution in [-0.4, -0.2) is 59.1 Å². The van der Waals surface area contributed by atoms with Gasteiger partial charge in [-0.3, -0.25) is 9.59 Å². The van der Waals surface area contributed by atoms with Crippen molar-refractivity contribution in [1.82, 2.24) is 4.90 Å². The number of carbonyl (C=O) groups is 3. The van der Waals surface area contributed by atoms with Crippen molar-refractivity contribution in [1.29, 1.82) is 0 Å². The fourth-order valence-corrected chi connectivity index (χ4v) is 5.79. The Hall–Kier alpha value is -2.46. The van der Waals surface area contributed by atoms with Crippen LogP contribution in [0.25, 0.3) is 0 Å². The molecule has 2 heterocycles. The van der Waals surface area contributed by atoms with Gasteiger partial charge in [0.1, 0.15) is 0 Å². The zero-order valence-electron chi connectivity index (χ0n) is 22.9. The van der Waals surface area contributed by atoms with Gasteiger partial charge in [0.05, 0.1) is 12.0 Å². The summed E-state index contributed by atoms with van der Waals surface area (Å²) in [6, 6.07) is 1.90. The van der Waals surface area contributed by atoms with E-state index in [9.17, 15) is 14.4 Å². The monoisotopic (exact) mass is 513 g/mol. The number of ether oxygens (including phenoxy) is 1. The Balaban J connectivity index is 2.13. The molecule has 1 aliphatic heterocycles. The van der Waals surface area contributed by atoms with Gasteiger partial charge in [0.15, 0.2) is 4.88 Å². The molecular formula is C29H41N2O4S+. The highest BCUT2D eigenvalue weighted by molar-refractivity contribution is 7.15. The maximum absolute atomic E-state index is 13.6. The SMILES string of the molecule is COC(=O)c1sc(C#CC(C)(C)C)cc1[N+](CC(=O)C1CCC(C)CC1)=C1CCCN(C(C)C)C1=O. The van der Waals surface area contributed by atoms with Gasteiger partial charge in [0.25, 0.3) is 0 Å². The molecule has 7 heteroatoms. The Bertz CT molecular complexity index is 1090. The first-order valence-corrected chi connectivity index (χ1v) is 13.9. The summed E-state index contributed by atoms with van der Waals surface area (Å²) >= 11 is 1.26.